The molecule has 0 aromatic heterocycles. The summed E-state index contributed by atoms with van der Waals surface area (Å²) in [5.41, 5.74) is 2.98. The summed E-state index contributed by atoms with van der Waals surface area (Å²) in [5.74, 6) is 0. The van der Waals surface area contributed by atoms with E-state index < -0.39 is 0 Å². The zero-order chi connectivity index (χ0) is 10.1. The van der Waals surface area contributed by atoms with Crippen LogP contribution in [0.5, 0.6) is 0 Å². The normalized spacial score (nSPS) is 11.5. The summed E-state index contributed by atoms with van der Waals surface area (Å²) in [6, 6.07) is 0. The number of hydrogen-bond acceptors (Lipinski definition) is 0. The summed E-state index contributed by atoms with van der Waals surface area (Å²) in [4.78, 5) is 0. The Balaban J connectivity index is 3.55. The minimum absolute atomic E-state index is 1.21. The molecule has 0 heterocycles. The molecule has 0 atom stereocenters. The van der Waals surface area contributed by atoms with Crippen LogP contribution in [0.4, 0.5) is 0 Å². The third-order valence-electron chi connectivity index (χ3n) is 2.14. The van der Waals surface area contributed by atoms with Gasteiger partial charge in [-0.3, -0.25) is 0 Å². The van der Waals surface area contributed by atoms with E-state index in [0.29, 0.717) is 0 Å². The van der Waals surface area contributed by atoms with Crippen molar-refractivity contribution < 1.29 is 0 Å². The van der Waals surface area contributed by atoms with Gasteiger partial charge in [0.1, 0.15) is 0 Å². The van der Waals surface area contributed by atoms with Gasteiger partial charge in [-0.2, -0.15) is 0 Å². The van der Waals surface area contributed by atoms with Crippen LogP contribution in [0, 0.1) is 0 Å². The van der Waals surface area contributed by atoms with Crippen molar-refractivity contribution in [3.63, 3.8) is 0 Å². The molecular weight excluding hydrogens is 156 g/mol. The van der Waals surface area contributed by atoms with Gasteiger partial charge in [0.25, 0.3) is 0 Å². The Labute approximate surface area is 83.7 Å². The Morgan fingerprint density at radius 1 is 1.00 bits per heavy atom. The van der Waals surface area contributed by atoms with Crippen LogP contribution in [0.1, 0.15) is 59.8 Å². The number of rotatable bonds is 6. The molecule has 0 fully saturated rings. The Bertz CT molecular complexity index is 168. The molecule has 0 unspecified atom stereocenters. The fourth-order valence-corrected chi connectivity index (χ4v) is 1.24. The number of allylic oxidation sites excluding steroid dienone is 4. The van der Waals surface area contributed by atoms with Gasteiger partial charge in [0, 0.05) is 0 Å². The van der Waals surface area contributed by atoms with Gasteiger partial charge >= 0.3 is 0 Å². The molecule has 0 heteroatoms. The van der Waals surface area contributed by atoms with Crippen LogP contribution in [0.3, 0.4) is 0 Å². The van der Waals surface area contributed by atoms with E-state index in [9.17, 15) is 0 Å². The first kappa shape index (κ1) is 12.5. The Morgan fingerprint density at radius 3 is 2.23 bits per heavy atom. The van der Waals surface area contributed by atoms with E-state index in [0.717, 1.165) is 0 Å². The van der Waals surface area contributed by atoms with Gasteiger partial charge in [-0.05, 0) is 40.0 Å². The molecule has 76 valence electrons. The molecule has 13 heavy (non-hydrogen) atoms. The molecule has 0 spiro atoms. The highest BCUT2D eigenvalue weighted by Crippen LogP contribution is 2.08. The van der Waals surface area contributed by atoms with Crippen LogP contribution in [0.15, 0.2) is 23.3 Å². The van der Waals surface area contributed by atoms with Crippen molar-refractivity contribution in [1.29, 1.82) is 0 Å². The highest BCUT2D eigenvalue weighted by Gasteiger charge is 1.88. The number of hydrogen-bond donors (Lipinski definition) is 0. The lowest BCUT2D eigenvalue weighted by Crippen LogP contribution is -1.78. The maximum Gasteiger partial charge on any atom is -0.0288 e. The van der Waals surface area contributed by atoms with Crippen LogP contribution in [-0.4, -0.2) is 0 Å². The van der Waals surface area contributed by atoms with Gasteiger partial charge in [0.2, 0.25) is 0 Å². The minimum Gasteiger partial charge on any atom is -0.0856 e. The van der Waals surface area contributed by atoms with Crippen molar-refractivity contribution >= 4 is 0 Å². The van der Waals surface area contributed by atoms with Crippen molar-refractivity contribution in [2.24, 2.45) is 0 Å². The molecule has 0 aromatic rings. The fourth-order valence-electron chi connectivity index (χ4n) is 1.24. The average Bonchev–Trinajstić information content (AvgIpc) is 2.04. The highest BCUT2D eigenvalue weighted by molar-refractivity contribution is 5.01. The first-order chi connectivity index (χ1) is 6.16. The number of unbranched alkanes of at least 4 members (excludes halogenated alkanes) is 2. The van der Waals surface area contributed by atoms with E-state index in [2.05, 4.69) is 39.8 Å². The third-order valence-corrected chi connectivity index (χ3v) is 2.14. The largest absolute Gasteiger partial charge is 0.0856 e. The third kappa shape index (κ3) is 9.39. The van der Waals surface area contributed by atoms with E-state index in [4.69, 9.17) is 0 Å². The van der Waals surface area contributed by atoms with Crippen LogP contribution in [0.25, 0.3) is 0 Å². The second kappa shape index (κ2) is 8.10. The van der Waals surface area contributed by atoms with Gasteiger partial charge in [0.15, 0.2) is 0 Å². The molecule has 0 aliphatic heterocycles. The second-order valence-corrected chi connectivity index (χ2v) is 4.01. The van der Waals surface area contributed by atoms with Crippen molar-refractivity contribution in [2.75, 3.05) is 0 Å². The van der Waals surface area contributed by atoms with Crippen molar-refractivity contribution in [2.45, 2.75) is 59.8 Å². The SMILES string of the molecule is CCCCC=C(C)CCC=C(C)C. The summed E-state index contributed by atoms with van der Waals surface area (Å²) in [6.45, 7) is 8.81. The Kier molecular flexibility index (Phi) is 7.77. The van der Waals surface area contributed by atoms with E-state index in [1.54, 1.807) is 5.57 Å². The van der Waals surface area contributed by atoms with Crippen LogP contribution >= 0.6 is 0 Å². The molecular formula is C13H24. The lowest BCUT2D eigenvalue weighted by molar-refractivity contribution is 0.804. The molecule has 0 aliphatic carbocycles. The minimum atomic E-state index is 1.21. The topological polar surface area (TPSA) is 0 Å². The summed E-state index contributed by atoms with van der Waals surface area (Å²) in [7, 11) is 0. The average molecular weight is 180 g/mol. The standard InChI is InChI=1S/C13H24/c1-5-6-7-10-13(4)11-8-9-12(2)3/h9-10H,5-8,11H2,1-4H3. The molecule has 0 N–H and O–H groups in total. The molecule has 0 radical (unpaired) electrons. The molecule has 0 amide bonds. The van der Waals surface area contributed by atoms with Crippen molar-refractivity contribution in [1.82, 2.24) is 0 Å². The van der Waals surface area contributed by atoms with E-state index in [1.807, 2.05) is 0 Å². The molecule has 0 rings (SSSR count). The van der Waals surface area contributed by atoms with Crippen molar-refractivity contribution in [3.8, 4) is 0 Å². The maximum atomic E-state index is 2.39. The Hall–Kier alpha value is -0.520. The van der Waals surface area contributed by atoms with Gasteiger partial charge in [0.05, 0.1) is 0 Å². The molecule has 0 aromatic carbocycles. The lowest BCUT2D eigenvalue weighted by Gasteiger charge is -1.98. The first-order valence-corrected chi connectivity index (χ1v) is 5.45. The zero-order valence-electron chi connectivity index (χ0n) is 9.69. The van der Waals surface area contributed by atoms with Crippen LogP contribution in [0.2, 0.25) is 0 Å². The van der Waals surface area contributed by atoms with Gasteiger partial charge in [-0.1, -0.05) is 43.1 Å². The fraction of sp³-hybridized carbons (Fsp3) is 0.692. The van der Waals surface area contributed by atoms with Crippen LogP contribution < -0.4 is 0 Å². The molecule has 0 saturated heterocycles. The first-order valence-electron chi connectivity index (χ1n) is 5.45. The van der Waals surface area contributed by atoms with Gasteiger partial charge in [-0.25, -0.2) is 0 Å². The summed E-state index contributed by atoms with van der Waals surface area (Å²) >= 11 is 0. The monoisotopic (exact) mass is 180 g/mol. The lowest BCUT2D eigenvalue weighted by atomic mass is 10.1. The van der Waals surface area contributed by atoms with Gasteiger partial charge < -0.3 is 0 Å². The van der Waals surface area contributed by atoms with Crippen LogP contribution in [-0.2, 0) is 0 Å². The predicted molar refractivity (Wildman–Crippen MR) is 61.9 cm³/mol. The van der Waals surface area contributed by atoms with Gasteiger partial charge in [-0.15, -0.1) is 0 Å². The molecule has 0 aliphatic rings. The maximum absolute atomic E-state index is 2.39. The van der Waals surface area contributed by atoms with E-state index in [1.165, 1.54) is 37.7 Å². The highest BCUT2D eigenvalue weighted by atomic mass is 13.9. The molecule has 0 saturated carbocycles. The quantitative estimate of drug-likeness (QED) is 0.404. The smallest absolute Gasteiger partial charge is 0.0288 e. The second-order valence-electron chi connectivity index (χ2n) is 4.01. The van der Waals surface area contributed by atoms with E-state index in [-0.39, 0.29) is 0 Å². The Morgan fingerprint density at radius 2 is 1.69 bits per heavy atom. The predicted octanol–water partition coefficient (Wildman–Crippen LogP) is 4.87. The molecule has 0 nitrogen and oxygen atoms in total. The summed E-state index contributed by atoms with van der Waals surface area (Å²) < 4.78 is 0. The van der Waals surface area contributed by atoms with E-state index >= 15 is 0 Å². The molecule has 0 bridgehead atoms. The summed E-state index contributed by atoms with van der Waals surface area (Å²) in [6.07, 6.45) is 11.0. The zero-order valence-corrected chi connectivity index (χ0v) is 9.69. The summed E-state index contributed by atoms with van der Waals surface area (Å²) in [5, 5.41) is 0. The van der Waals surface area contributed by atoms with Crippen molar-refractivity contribution in [3.05, 3.63) is 23.3 Å².